The number of benzene rings is 2. The second kappa shape index (κ2) is 7.54. The highest BCUT2D eigenvalue weighted by atomic mass is 32.2. The van der Waals surface area contributed by atoms with Gasteiger partial charge in [0.1, 0.15) is 0 Å². The fourth-order valence-corrected chi connectivity index (χ4v) is 4.14. The van der Waals surface area contributed by atoms with Crippen molar-refractivity contribution in [2.45, 2.75) is 24.3 Å². The summed E-state index contributed by atoms with van der Waals surface area (Å²) in [4.78, 5) is 24.8. The summed E-state index contributed by atoms with van der Waals surface area (Å²) in [6.07, 6.45) is 0. The molecule has 2 heterocycles. The van der Waals surface area contributed by atoms with Crippen LogP contribution in [0.5, 0.6) is 0 Å². The molecule has 0 aliphatic heterocycles. The first-order chi connectivity index (χ1) is 13.1. The third kappa shape index (κ3) is 4.04. The van der Waals surface area contributed by atoms with Crippen LogP contribution in [0.3, 0.4) is 0 Å². The number of H-pyrrole nitrogens is 1. The van der Waals surface area contributed by atoms with Gasteiger partial charge < -0.3 is 10.3 Å². The van der Waals surface area contributed by atoms with Gasteiger partial charge in [-0.2, -0.15) is 0 Å². The number of para-hydroxylation sites is 2. The number of aromatic nitrogens is 3. The van der Waals surface area contributed by atoms with Gasteiger partial charge in [0.2, 0.25) is 5.91 Å². The fraction of sp³-hybridized carbons (Fsp3) is 0.150. The van der Waals surface area contributed by atoms with Crippen molar-refractivity contribution in [3.8, 4) is 11.3 Å². The molecule has 0 fully saturated rings. The van der Waals surface area contributed by atoms with E-state index in [0.717, 1.165) is 27.4 Å². The van der Waals surface area contributed by atoms with Crippen molar-refractivity contribution in [2.24, 2.45) is 0 Å². The molecule has 1 unspecified atom stereocenters. The van der Waals surface area contributed by atoms with Crippen LogP contribution in [0.1, 0.15) is 12.5 Å². The number of aryl methyl sites for hydroxylation is 1. The number of carbonyl (C=O) groups is 1. The number of carbonyl (C=O) groups excluding carboxylic acids is 1. The molecule has 5 nitrogen and oxygen atoms in total. The Morgan fingerprint density at radius 1 is 1.15 bits per heavy atom. The van der Waals surface area contributed by atoms with Crippen LogP contribution in [0.15, 0.2) is 59.1 Å². The van der Waals surface area contributed by atoms with E-state index < -0.39 is 0 Å². The molecule has 2 aromatic heterocycles. The lowest BCUT2D eigenvalue weighted by Gasteiger charge is -2.08. The molecule has 0 aliphatic carbocycles. The maximum Gasteiger partial charge on any atom is 0.239 e. The van der Waals surface area contributed by atoms with E-state index in [2.05, 4.69) is 39.3 Å². The molecule has 136 valence electrons. The summed E-state index contributed by atoms with van der Waals surface area (Å²) >= 11 is 2.83. The van der Waals surface area contributed by atoms with E-state index in [4.69, 9.17) is 0 Å². The summed E-state index contributed by atoms with van der Waals surface area (Å²) in [6, 6.07) is 16.0. The Kier molecular flexibility index (Phi) is 4.96. The van der Waals surface area contributed by atoms with Gasteiger partial charge in [-0.1, -0.05) is 53.7 Å². The molecular weight excluding hydrogens is 376 g/mol. The Labute approximate surface area is 165 Å². The van der Waals surface area contributed by atoms with Crippen LogP contribution in [0, 0.1) is 6.92 Å². The number of amides is 1. The van der Waals surface area contributed by atoms with Gasteiger partial charge in [-0.25, -0.2) is 9.97 Å². The number of imidazole rings is 1. The van der Waals surface area contributed by atoms with E-state index in [9.17, 15) is 4.79 Å². The van der Waals surface area contributed by atoms with Crippen LogP contribution in [0.25, 0.3) is 22.3 Å². The van der Waals surface area contributed by atoms with Gasteiger partial charge in [0.15, 0.2) is 10.3 Å². The average Bonchev–Trinajstić information content (AvgIpc) is 3.28. The van der Waals surface area contributed by atoms with Gasteiger partial charge in [0.25, 0.3) is 0 Å². The number of hydrogen-bond donors (Lipinski definition) is 2. The van der Waals surface area contributed by atoms with Gasteiger partial charge in [-0.3, -0.25) is 4.79 Å². The van der Waals surface area contributed by atoms with E-state index in [1.165, 1.54) is 28.7 Å². The van der Waals surface area contributed by atoms with Crippen LogP contribution >= 0.6 is 23.1 Å². The first-order valence-electron chi connectivity index (χ1n) is 8.53. The number of thiazole rings is 1. The highest BCUT2D eigenvalue weighted by molar-refractivity contribution is 8.00. The summed E-state index contributed by atoms with van der Waals surface area (Å²) in [7, 11) is 0. The number of hydrogen-bond acceptors (Lipinski definition) is 5. The number of thioether (sulfide) groups is 1. The highest BCUT2D eigenvalue weighted by Gasteiger charge is 2.18. The van der Waals surface area contributed by atoms with Crippen molar-refractivity contribution in [1.29, 1.82) is 0 Å². The molecule has 27 heavy (non-hydrogen) atoms. The minimum atomic E-state index is -0.294. The standard InChI is InChI=1S/C20H18N4OS2/c1-12-7-9-14(10-8-12)17-11-26-19(23-17)24-18(25)13(2)27-20-21-15-5-3-4-6-16(15)22-20/h3-11,13H,1-2H3,(H,21,22)(H,23,24,25). The number of anilines is 1. The highest BCUT2D eigenvalue weighted by Crippen LogP contribution is 2.27. The molecule has 0 aliphatic rings. The first kappa shape index (κ1) is 17.8. The SMILES string of the molecule is Cc1ccc(-c2csc(NC(=O)C(C)Sc3nc4ccccc4[nH]3)n2)cc1. The van der Waals surface area contributed by atoms with E-state index in [1.807, 2.05) is 48.7 Å². The Morgan fingerprint density at radius 3 is 2.70 bits per heavy atom. The molecule has 0 saturated heterocycles. The van der Waals surface area contributed by atoms with Gasteiger partial charge in [-0.15, -0.1) is 11.3 Å². The second-order valence-corrected chi connectivity index (χ2v) is 8.40. The van der Waals surface area contributed by atoms with Crippen LogP contribution in [-0.2, 0) is 4.79 Å². The smallest absolute Gasteiger partial charge is 0.239 e. The molecule has 0 spiro atoms. The molecule has 2 N–H and O–H groups in total. The average molecular weight is 395 g/mol. The van der Waals surface area contributed by atoms with Crippen molar-refractivity contribution >= 4 is 45.2 Å². The maximum absolute atomic E-state index is 12.5. The molecule has 0 bridgehead atoms. The van der Waals surface area contributed by atoms with Crippen molar-refractivity contribution in [3.05, 3.63) is 59.5 Å². The Balaban J connectivity index is 1.41. The minimum absolute atomic E-state index is 0.0923. The van der Waals surface area contributed by atoms with Crippen LogP contribution in [0.2, 0.25) is 0 Å². The number of nitrogens with one attached hydrogen (secondary N) is 2. The summed E-state index contributed by atoms with van der Waals surface area (Å²) in [5, 5.41) is 5.90. The number of rotatable bonds is 5. The quantitative estimate of drug-likeness (QED) is 0.461. The van der Waals surface area contributed by atoms with E-state index in [1.54, 1.807) is 0 Å². The van der Waals surface area contributed by atoms with E-state index in [0.29, 0.717) is 5.13 Å². The largest absolute Gasteiger partial charge is 0.333 e. The van der Waals surface area contributed by atoms with Crippen molar-refractivity contribution < 1.29 is 4.79 Å². The van der Waals surface area contributed by atoms with Crippen LogP contribution in [-0.4, -0.2) is 26.1 Å². The lowest BCUT2D eigenvalue weighted by atomic mass is 10.1. The number of aromatic amines is 1. The van der Waals surface area contributed by atoms with Gasteiger partial charge in [-0.05, 0) is 26.0 Å². The van der Waals surface area contributed by atoms with E-state index >= 15 is 0 Å². The zero-order chi connectivity index (χ0) is 18.8. The molecule has 0 radical (unpaired) electrons. The summed E-state index contributed by atoms with van der Waals surface area (Å²) in [5.74, 6) is -0.0923. The monoisotopic (exact) mass is 394 g/mol. The third-order valence-corrected chi connectivity index (χ3v) is 5.85. The molecule has 2 aromatic carbocycles. The fourth-order valence-electron chi connectivity index (χ4n) is 2.60. The molecule has 7 heteroatoms. The molecule has 4 aromatic rings. The van der Waals surface area contributed by atoms with Gasteiger partial charge in [0.05, 0.1) is 22.0 Å². The lowest BCUT2D eigenvalue weighted by molar-refractivity contribution is -0.115. The molecule has 1 atom stereocenters. The van der Waals surface area contributed by atoms with Gasteiger partial charge in [0, 0.05) is 10.9 Å². The molecule has 0 saturated carbocycles. The lowest BCUT2D eigenvalue weighted by Crippen LogP contribution is -2.22. The predicted molar refractivity (Wildman–Crippen MR) is 112 cm³/mol. The second-order valence-electron chi connectivity index (χ2n) is 6.21. The number of fused-ring (bicyclic) bond motifs is 1. The van der Waals surface area contributed by atoms with Gasteiger partial charge >= 0.3 is 0 Å². The molecule has 4 rings (SSSR count). The Hall–Kier alpha value is -2.64. The van der Waals surface area contributed by atoms with Crippen molar-refractivity contribution in [1.82, 2.24) is 15.0 Å². The maximum atomic E-state index is 12.5. The topological polar surface area (TPSA) is 70.7 Å². The minimum Gasteiger partial charge on any atom is -0.333 e. The Morgan fingerprint density at radius 2 is 1.93 bits per heavy atom. The van der Waals surface area contributed by atoms with Crippen molar-refractivity contribution in [2.75, 3.05) is 5.32 Å². The predicted octanol–water partition coefficient (Wildman–Crippen LogP) is 5.11. The normalized spacial score (nSPS) is 12.2. The molecule has 1 amide bonds. The van der Waals surface area contributed by atoms with Crippen LogP contribution < -0.4 is 5.32 Å². The zero-order valence-corrected chi connectivity index (χ0v) is 16.5. The molecular formula is C20H18N4OS2. The summed E-state index contributed by atoms with van der Waals surface area (Å²) in [6.45, 7) is 3.92. The number of nitrogens with zero attached hydrogens (tertiary/aromatic N) is 2. The Bertz CT molecular complexity index is 1050. The summed E-state index contributed by atoms with van der Waals surface area (Å²) < 4.78 is 0. The van der Waals surface area contributed by atoms with Crippen LogP contribution in [0.4, 0.5) is 5.13 Å². The van der Waals surface area contributed by atoms with Crippen molar-refractivity contribution in [3.63, 3.8) is 0 Å². The first-order valence-corrected chi connectivity index (χ1v) is 10.3. The van der Waals surface area contributed by atoms with E-state index in [-0.39, 0.29) is 11.2 Å². The summed E-state index contributed by atoms with van der Waals surface area (Å²) in [5.41, 5.74) is 4.99. The third-order valence-electron chi connectivity index (χ3n) is 4.11. The zero-order valence-electron chi connectivity index (χ0n) is 14.9.